The second kappa shape index (κ2) is 5.77. The van der Waals surface area contributed by atoms with E-state index < -0.39 is 7.38 Å². The predicted molar refractivity (Wildman–Crippen MR) is 83.2 cm³/mol. The van der Waals surface area contributed by atoms with Gasteiger partial charge in [0.2, 0.25) is 0 Å². The van der Waals surface area contributed by atoms with Crippen LogP contribution in [0.15, 0.2) is 24.1 Å². The summed E-state index contributed by atoms with van der Waals surface area (Å²) in [7, 11) is -1.60. The molecule has 96 valence electrons. The van der Waals surface area contributed by atoms with Crippen molar-refractivity contribution in [2.24, 2.45) is 0 Å². The van der Waals surface area contributed by atoms with Crippen LogP contribution in [0.1, 0.15) is 27.7 Å². The molecule has 0 saturated carbocycles. The Balaban J connectivity index is 2.76. The molecule has 1 nitrogen and oxygen atoms in total. The first-order chi connectivity index (χ1) is 7.73. The van der Waals surface area contributed by atoms with E-state index in [2.05, 4.69) is 69.7 Å². The summed E-state index contributed by atoms with van der Waals surface area (Å²) < 4.78 is 0. The van der Waals surface area contributed by atoms with Gasteiger partial charge >= 0.3 is 0 Å². The van der Waals surface area contributed by atoms with Crippen molar-refractivity contribution < 1.29 is 0 Å². The molecule has 0 saturated heterocycles. The fourth-order valence-electron chi connectivity index (χ4n) is 2.54. The van der Waals surface area contributed by atoms with Gasteiger partial charge in [-0.15, -0.1) is 0 Å². The fraction of sp³-hybridized carbons (Fsp3) is 0.692. The van der Waals surface area contributed by atoms with Gasteiger partial charge in [0, 0.05) is 5.54 Å². The van der Waals surface area contributed by atoms with Gasteiger partial charge in [-0.1, -0.05) is 64.9 Å². The zero-order valence-electron chi connectivity index (χ0n) is 11.9. The number of halogens is 1. The van der Waals surface area contributed by atoms with Crippen LogP contribution in [0.3, 0.4) is 0 Å². The van der Waals surface area contributed by atoms with Crippen LogP contribution < -0.4 is 0 Å². The summed E-state index contributed by atoms with van der Waals surface area (Å²) in [6.07, 6.45) is 4.61. The summed E-state index contributed by atoms with van der Waals surface area (Å²) in [6, 6.07) is 1.12. The van der Waals surface area contributed by atoms with Crippen molar-refractivity contribution >= 4 is 25.3 Å². The molecule has 0 spiro atoms. The number of hydrogen-bond acceptors (Lipinski definition) is 1. The summed E-state index contributed by atoms with van der Waals surface area (Å²) in [4.78, 5) is 2.52. The molecular formula is C13H25BClNSi. The minimum absolute atomic E-state index is 0.430. The van der Waals surface area contributed by atoms with Crippen molar-refractivity contribution in [1.82, 2.24) is 4.81 Å². The Morgan fingerprint density at radius 1 is 1.06 bits per heavy atom. The first-order valence-corrected chi connectivity index (χ1v) is 10.7. The molecule has 0 N–H and O–H groups in total. The molecule has 0 amide bonds. The lowest BCUT2D eigenvalue weighted by Gasteiger charge is -2.35. The summed E-state index contributed by atoms with van der Waals surface area (Å²) >= 11 is 6.49. The Labute approximate surface area is 113 Å². The van der Waals surface area contributed by atoms with Crippen LogP contribution >= 0.6 is 11.1 Å². The van der Waals surface area contributed by atoms with Crippen molar-refractivity contribution in [3.8, 4) is 0 Å². The normalized spacial score (nSPS) is 17.9. The molecular weight excluding hydrogens is 245 g/mol. The third kappa shape index (κ3) is 4.01. The van der Waals surface area contributed by atoms with Crippen molar-refractivity contribution in [2.45, 2.75) is 58.4 Å². The second-order valence-electron chi connectivity index (χ2n) is 5.99. The third-order valence-electron chi connectivity index (χ3n) is 3.36. The average Bonchev–Trinajstić information content (AvgIpc) is 2.15. The molecule has 0 aromatic rings. The molecule has 0 radical (unpaired) electrons. The Morgan fingerprint density at radius 2 is 1.47 bits per heavy atom. The molecule has 1 heterocycles. The molecule has 0 aromatic carbocycles. The lowest BCUT2D eigenvalue weighted by molar-refractivity contribution is 0.309. The Bertz CT molecular complexity index is 285. The van der Waals surface area contributed by atoms with Crippen molar-refractivity contribution in [3.63, 3.8) is 0 Å². The van der Waals surface area contributed by atoms with E-state index in [1.54, 1.807) is 0 Å². The van der Waals surface area contributed by atoms with Crippen LogP contribution in [0, 0.1) is 0 Å². The Kier molecular flexibility index (Phi) is 5.11. The third-order valence-corrected chi connectivity index (χ3v) is 6.09. The summed E-state index contributed by atoms with van der Waals surface area (Å²) in [6.45, 7) is 13.9. The highest BCUT2D eigenvalue weighted by Crippen LogP contribution is 2.31. The van der Waals surface area contributed by atoms with E-state index in [1.165, 1.54) is 0 Å². The van der Waals surface area contributed by atoms with E-state index in [9.17, 15) is 0 Å². The fourth-order valence-corrected chi connectivity index (χ4v) is 4.11. The van der Waals surface area contributed by atoms with Crippen LogP contribution in [0.5, 0.6) is 0 Å². The van der Waals surface area contributed by atoms with Gasteiger partial charge in [0.15, 0.2) is 7.38 Å². The molecule has 4 heteroatoms. The lowest BCUT2D eigenvalue weighted by Crippen LogP contribution is -2.47. The molecule has 0 bridgehead atoms. The minimum atomic E-state index is -1.60. The first-order valence-electron chi connectivity index (χ1n) is 6.56. The predicted octanol–water partition coefficient (Wildman–Crippen LogP) is 4.12. The largest absolute Gasteiger partial charge is 0.330 e. The van der Waals surface area contributed by atoms with Crippen LogP contribution in [0.25, 0.3) is 0 Å². The molecule has 0 aromatic heterocycles. The average molecular weight is 270 g/mol. The quantitative estimate of drug-likeness (QED) is 0.548. The van der Waals surface area contributed by atoms with Crippen LogP contribution in [0.2, 0.25) is 18.6 Å². The van der Waals surface area contributed by atoms with Gasteiger partial charge in [0.1, 0.15) is 0 Å². The zero-order chi connectivity index (χ0) is 13.2. The minimum Gasteiger partial charge on any atom is -0.330 e. The van der Waals surface area contributed by atoms with E-state index in [-0.39, 0.29) is 0 Å². The molecule has 0 aliphatic carbocycles. The molecule has 0 fully saturated rings. The monoisotopic (exact) mass is 269 g/mol. The summed E-state index contributed by atoms with van der Waals surface area (Å²) in [5.74, 6) is 4.64. The van der Waals surface area contributed by atoms with Crippen molar-refractivity contribution in [3.05, 3.63) is 24.1 Å². The van der Waals surface area contributed by atoms with Crippen LogP contribution in [0.4, 0.5) is 0 Å². The Morgan fingerprint density at radius 3 is 1.76 bits per heavy atom. The maximum atomic E-state index is 6.49. The van der Waals surface area contributed by atoms with E-state index >= 15 is 0 Å². The van der Waals surface area contributed by atoms with Crippen LogP contribution in [-0.4, -0.2) is 31.1 Å². The zero-order valence-corrected chi connectivity index (χ0v) is 13.7. The lowest BCUT2D eigenvalue weighted by atomic mass is 9.57. The first kappa shape index (κ1) is 15.1. The second-order valence-corrected chi connectivity index (χ2v) is 12.7. The number of hydrogen-bond donors (Lipinski definition) is 0. The number of allylic oxidation sites excluding steroid dienone is 2. The molecule has 1 aliphatic heterocycles. The summed E-state index contributed by atoms with van der Waals surface area (Å²) in [5, 5.41) is 0. The summed E-state index contributed by atoms with van der Waals surface area (Å²) in [5.41, 5.74) is 0.474. The van der Waals surface area contributed by atoms with Gasteiger partial charge in [-0.25, -0.2) is 0 Å². The van der Waals surface area contributed by atoms with Crippen molar-refractivity contribution in [1.29, 1.82) is 0 Å². The van der Waals surface area contributed by atoms with Crippen LogP contribution in [-0.2, 0) is 0 Å². The number of nitrogens with zero attached hydrogens (tertiary/aromatic N) is 1. The molecule has 1 rings (SSSR count). The van der Waals surface area contributed by atoms with Gasteiger partial charge < -0.3 is 4.81 Å². The standard InChI is InChI=1S/C13H25BClNSi/c1-11(2)16(12(3)4)14-9-7-13(8-10-14)17(5,6)15/h7-13H,1-6H3. The van der Waals surface area contributed by atoms with E-state index in [0.717, 1.165) is 0 Å². The van der Waals surface area contributed by atoms with E-state index in [1.807, 2.05) is 0 Å². The smallest absolute Gasteiger partial charge is 0.276 e. The van der Waals surface area contributed by atoms with Gasteiger partial charge in [-0.05, 0) is 12.1 Å². The highest BCUT2D eigenvalue weighted by Gasteiger charge is 2.31. The van der Waals surface area contributed by atoms with Crippen molar-refractivity contribution in [2.75, 3.05) is 0 Å². The Hall–Kier alpha value is 0.0118. The van der Waals surface area contributed by atoms with Gasteiger partial charge in [0.05, 0.1) is 0 Å². The number of rotatable bonds is 4. The highest BCUT2D eigenvalue weighted by atomic mass is 35.6. The van der Waals surface area contributed by atoms with Gasteiger partial charge in [-0.2, -0.15) is 11.1 Å². The topological polar surface area (TPSA) is 3.24 Å². The van der Waals surface area contributed by atoms with E-state index in [4.69, 9.17) is 11.1 Å². The SMILES string of the molecule is CC(C)N(B1C=CC([Si](C)(C)Cl)C=C1)C(C)C. The molecule has 1 aliphatic rings. The molecule has 0 atom stereocenters. The van der Waals surface area contributed by atoms with Gasteiger partial charge in [-0.3, -0.25) is 0 Å². The highest BCUT2D eigenvalue weighted by molar-refractivity contribution is 7.20. The van der Waals surface area contributed by atoms with Gasteiger partial charge in [0.25, 0.3) is 6.85 Å². The molecule has 17 heavy (non-hydrogen) atoms. The van der Waals surface area contributed by atoms with E-state index in [0.29, 0.717) is 24.5 Å². The molecule has 0 unspecified atom stereocenters. The maximum Gasteiger partial charge on any atom is 0.276 e. The maximum absolute atomic E-state index is 6.49.